The molecule has 4 rings (SSSR count). The number of nitrogens with zero attached hydrogens (tertiary/aromatic N) is 4. The van der Waals surface area contributed by atoms with Gasteiger partial charge < -0.3 is 35.5 Å². The van der Waals surface area contributed by atoms with E-state index in [1.807, 2.05) is 7.05 Å². The second-order valence-electron chi connectivity index (χ2n) is 9.24. The maximum absolute atomic E-state index is 12.9. The number of nitrogens with one attached hydrogen (secondary N) is 2. The summed E-state index contributed by atoms with van der Waals surface area (Å²) >= 11 is 0. The first-order valence-electron chi connectivity index (χ1n) is 12.3. The number of likely N-dealkylation sites (tertiary alicyclic amines) is 1. The van der Waals surface area contributed by atoms with Gasteiger partial charge in [-0.3, -0.25) is 9.59 Å². The number of nitrogens with two attached hydrogens (primary N) is 2. The molecule has 1 aromatic carbocycles. The van der Waals surface area contributed by atoms with E-state index >= 15 is 0 Å². The molecule has 1 fully saturated rings. The van der Waals surface area contributed by atoms with E-state index in [0.29, 0.717) is 53.5 Å². The van der Waals surface area contributed by atoms with E-state index < -0.39 is 5.91 Å². The maximum atomic E-state index is 12.9. The van der Waals surface area contributed by atoms with Gasteiger partial charge in [-0.15, -0.1) is 0 Å². The normalized spacial score (nSPS) is 17.8. The Morgan fingerprint density at radius 2 is 2.10 bits per heavy atom. The van der Waals surface area contributed by atoms with Crippen molar-refractivity contribution < 1.29 is 18.8 Å². The van der Waals surface area contributed by atoms with Crippen molar-refractivity contribution in [1.82, 2.24) is 25.4 Å². The van der Waals surface area contributed by atoms with Gasteiger partial charge in [-0.05, 0) is 43.8 Å². The van der Waals surface area contributed by atoms with Gasteiger partial charge in [0, 0.05) is 30.9 Å². The number of hydrogen-bond acceptors (Lipinski definition) is 10. The van der Waals surface area contributed by atoms with Crippen LogP contribution < -0.4 is 26.9 Å². The van der Waals surface area contributed by atoms with E-state index in [1.54, 1.807) is 47.6 Å². The molecule has 3 heterocycles. The van der Waals surface area contributed by atoms with Gasteiger partial charge in [0.2, 0.25) is 5.91 Å². The van der Waals surface area contributed by atoms with E-state index in [4.69, 9.17) is 20.8 Å². The lowest BCUT2D eigenvalue weighted by molar-refractivity contribution is -0.117. The number of carbonyl (C=O) groups excluding carboxylic acids is 2. The van der Waals surface area contributed by atoms with Crippen molar-refractivity contribution in [3.8, 4) is 17.0 Å². The minimum absolute atomic E-state index is 0.0607. The molecule has 1 saturated heterocycles. The Labute approximate surface area is 226 Å². The van der Waals surface area contributed by atoms with Gasteiger partial charge in [0.1, 0.15) is 17.7 Å². The summed E-state index contributed by atoms with van der Waals surface area (Å²) in [5.74, 6) is 6.16. The van der Waals surface area contributed by atoms with Crippen molar-refractivity contribution in [2.75, 3.05) is 32.6 Å². The highest BCUT2D eigenvalue weighted by molar-refractivity contribution is 6.04. The summed E-state index contributed by atoms with van der Waals surface area (Å²) in [6.45, 7) is 4.93. The number of pyridine rings is 1. The van der Waals surface area contributed by atoms with Crippen molar-refractivity contribution in [3.05, 3.63) is 79.0 Å². The molecule has 1 aliphatic rings. The highest BCUT2D eigenvalue weighted by Crippen LogP contribution is 2.28. The Morgan fingerprint density at radius 3 is 2.82 bits per heavy atom. The minimum Gasteiger partial charge on any atom is -0.495 e. The van der Waals surface area contributed by atoms with E-state index in [-0.39, 0.29) is 23.7 Å². The smallest absolute Gasteiger partial charge is 0.274 e. The second-order valence-corrected chi connectivity index (χ2v) is 9.24. The molecule has 204 valence electrons. The fourth-order valence-corrected chi connectivity index (χ4v) is 4.42. The Morgan fingerprint density at radius 1 is 1.28 bits per heavy atom. The molecule has 6 N–H and O–H groups in total. The first-order chi connectivity index (χ1) is 18.8. The number of amides is 2. The van der Waals surface area contributed by atoms with Gasteiger partial charge in [-0.1, -0.05) is 23.9 Å². The maximum Gasteiger partial charge on any atom is 0.274 e. The number of hydrogen-bond donors (Lipinski definition) is 4. The molecule has 2 amide bonds. The summed E-state index contributed by atoms with van der Waals surface area (Å²) in [7, 11) is 3.47. The molecule has 2 atom stereocenters. The van der Waals surface area contributed by atoms with Gasteiger partial charge in [-0.2, -0.15) is 0 Å². The molecule has 0 radical (unpaired) electrons. The molecule has 3 aromatic rings. The van der Waals surface area contributed by atoms with Crippen molar-refractivity contribution in [1.29, 1.82) is 0 Å². The topological polar surface area (TPSA) is 165 Å². The van der Waals surface area contributed by atoms with E-state index in [2.05, 4.69) is 32.3 Å². The lowest BCUT2D eigenvalue weighted by Crippen LogP contribution is -2.56. The van der Waals surface area contributed by atoms with Crippen LogP contribution in [0.25, 0.3) is 17.0 Å². The zero-order valence-corrected chi connectivity index (χ0v) is 21.8. The summed E-state index contributed by atoms with van der Waals surface area (Å²) in [5, 5.41) is 11.0. The van der Waals surface area contributed by atoms with Crippen LogP contribution in [0.4, 0.5) is 5.69 Å². The lowest BCUT2D eigenvalue weighted by atomic mass is 10.0. The molecular weight excluding hydrogens is 500 g/mol. The molecule has 12 nitrogen and oxygen atoms in total. The van der Waals surface area contributed by atoms with Crippen molar-refractivity contribution in [2.45, 2.75) is 18.5 Å². The Kier molecular flexibility index (Phi) is 8.59. The van der Waals surface area contributed by atoms with Gasteiger partial charge in [-0.25, -0.2) is 10.8 Å². The largest absolute Gasteiger partial charge is 0.495 e. The first-order valence-corrected chi connectivity index (χ1v) is 12.3. The van der Waals surface area contributed by atoms with E-state index in [1.165, 1.54) is 25.6 Å². The Balaban J connectivity index is 1.46. The molecule has 0 aliphatic carbocycles. The number of likely N-dealkylation sites (N-methyl/N-ethyl adjacent to an activating group) is 1. The number of piperidine rings is 1. The lowest BCUT2D eigenvalue weighted by Gasteiger charge is -2.39. The summed E-state index contributed by atoms with van der Waals surface area (Å²) in [4.78, 5) is 31.2. The number of aromatic nitrogens is 2. The highest BCUT2D eigenvalue weighted by Gasteiger charge is 2.28. The second kappa shape index (κ2) is 12.2. The van der Waals surface area contributed by atoms with Crippen LogP contribution in [0.5, 0.6) is 5.75 Å². The summed E-state index contributed by atoms with van der Waals surface area (Å²) in [5.41, 5.74) is 9.36. The predicted molar refractivity (Wildman–Crippen MR) is 147 cm³/mol. The number of ether oxygens (including phenoxy) is 1. The third-order valence-corrected chi connectivity index (χ3v) is 6.35. The van der Waals surface area contributed by atoms with Crippen LogP contribution >= 0.6 is 0 Å². The average molecular weight is 533 g/mol. The number of benzene rings is 1. The van der Waals surface area contributed by atoms with Crippen LogP contribution in [0, 0.1) is 0 Å². The van der Waals surface area contributed by atoms with E-state index in [0.717, 1.165) is 0 Å². The molecule has 12 heteroatoms. The zero-order valence-electron chi connectivity index (χ0n) is 21.8. The SMILES string of the molecule is C=CC(=O)NC1CC(N(N)/C=C(\N)c2ccc(NC(=O)c3cccc(-c4cnoc4)n3)c(OC)c2)CN(C)C1. The van der Waals surface area contributed by atoms with Crippen LogP contribution in [0.3, 0.4) is 0 Å². The highest BCUT2D eigenvalue weighted by atomic mass is 16.5. The average Bonchev–Trinajstić information content (AvgIpc) is 3.48. The molecule has 0 saturated carbocycles. The molecule has 2 unspecified atom stereocenters. The fraction of sp³-hybridized carbons (Fsp3) is 0.259. The van der Waals surface area contributed by atoms with Gasteiger partial charge in [0.05, 0.1) is 42.0 Å². The van der Waals surface area contributed by atoms with Gasteiger partial charge in [0.25, 0.3) is 5.91 Å². The number of carbonyl (C=O) groups is 2. The summed E-state index contributed by atoms with van der Waals surface area (Å²) in [6, 6.07) is 10.2. The zero-order chi connectivity index (χ0) is 27.9. The van der Waals surface area contributed by atoms with Crippen LogP contribution in [-0.2, 0) is 4.79 Å². The number of anilines is 1. The van der Waals surface area contributed by atoms with E-state index in [9.17, 15) is 9.59 Å². The van der Waals surface area contributed by atoms with Crippen molar-refractivity contribution in [3.63, 3.8) is 0 Å². The van der Waals surface area contributed by atoms with Crippen LogP contribution in [0.15, 0.2) is 72.2 Å². The minimum atomic E-state index is -0.407. The number of rotatable bonds is 9. The summed E-state index contributed by atoms with van der Waals surface area (Å²) < 4.78 is 10.4. The molecule has 39 heavy (non-hydrogen) atoms. The quantitative estimate of drug-likeness (QED) is 0.181. The Bertz CT molecular complexity index is 1360. The number of methoxy groups -OCH3 is 1. The van der Waals surface area contributed by atoms with Crippen LogP contribution in [0.2, 0.25) is 0 Å². The van der Waals surface area contributed by atoms with Crippen LogP contribution in [-0.4, -0.2) is 71.2 Å². The molecule has 0 spiro atoms. The predicted octanol–water partition coefficient (Wildman–Crippen LogP) is 1.81. The standard InChI is InChI=1S/C27H32N8O4/c1-4-26(36)31-19-11-20(14-34(2)13-19)35(29)15-21(28)17-8-9-23(25(10-17)38-3)33-27(37)24-7-5-6-22(32-24)18-12-30-39-16-18/h4-10,12,15-16,19-20H,1,11,13-14,28-29H2,2-3H3,(H,31,36)(H,33,37)/b21-15-. The molecule has 0 bridgehead atoms. The first kappa shape index (κ1) is 27.4. The number of hydrazine groups is 1. The molecule has 2 aromatic heterocycles. The monoisotopic (exact) mass is 532 g/mol. The fourth-order valence-electron chi connectivity index (χ4n) is 4.42. The summed E-state index contributed by atoms with van der Waals surface area (Å²) in [6.07, 6.45) is 6.55. The molecular formula is C27H32N8O4. The third kappa shape index (κ3) is 6.80. The van der Waals surface area contributed by atoms with Crippen molar-refractivity contribution in [2.24, 2.45) is 11.6 Å². The van der Waals surface area contributed by atoms with Crippen molar-refractivity contribution >= 4 is 23.2 Å². The Hall–Kier alpha value is -4.68. The molecule has 1 aliphatic heterocycles. The van der Waals surface area contributed by atoms with Gasteiger partial charge >= 0.3 is 0 Å². The third-order valence-electron chi connectivity index (χ3n) is 6.35. The van der Waals surface area contributed by atoms with Crippen LogP contribution in [0.1, 0.15) is 22.5 Å². The van der Waals surface area contributed by atoms with Gasteiger partial charge in [0.15, 0.2) is 0 Å².